The summed E-state index contributed by atoms with van der Waals surface area (Å²) in [4.78, 5) is 24.0. The average molecular weight is 398 g/mol. The topological polar surface area (TPSA) is 79.5 Å². The Kier molecular flexibility index (Phi) is 6.58. The Morgan fingerprint density at radius 2 is 1.60 bits per heavy atom. The first-order valence-corrected chi connectivity index (χ1v) is 8.08. The lowest BCUT2D eigenvalue weighted by Gasteiger charge is -2.11. The zero-order valence-electron chi connectivity index (χ0n) is 12.9. The summed E-state index contributed by atoms with van der Waals surface area (Å²) in [7, 11) is 1.48. The summed E-state index contributed by atoms with van der Waals surface area (Å²) < 4.78 is 5.02. The smallest absolute Gasteiger partial charge is 0.269 e. The largest absolute Gasteiger partial charge is 0.495 e. The van der Waals surface area contributed by atoms with Crippen LogP contribution < -0.4 is 20.9 Å². The highest BCUT2D eigenvalue weighted by Gasteiger charge is 2.11. The predicted molar refractivity (Wildman–Crippen MR) is 100 cm³/mol. The maximum absolute atomic E-state index is 12.1. The highest BCUT2D eigenvalue weighted by molar-refractivity contribution is 7.80. The van der Waals surface area contributed by atoms with Gasteiger partial charge in [0.25, 0.3) is 11.8 Å². The summed E-state index contributed by atoms with van der Waals surface area (Å²) in [5, 5.41) is 3.17. The number of halogens is 2. The molecule has 0 atom stereocenters. The van der Waals surface area contributed by atoms with Crippen molar-refractivity contribution in [2.75, 3.05) is 7.11 Å². The summed E-state index contributed by atoms with van der Waals surface area (Å²) in [6.07, 6.45) is 0. The number of carbonyl (C=O) groups is 2. The van der Waals surface area contributed by atoms with Crippen LogP contribution in [0.5, 0.6) is 5.75 Å². The van der Waals surface area contributed by atoms with Gasteiger partial charge in [0.15, 0.2) is 5.11 Å². The predicted octanol–water partition coefficient (Wildman–Crippen LogP) is 2.95. The molecule has 0 radical (unpaired) electrons. The van der Waals surface area contributed by atoms with Crippen molar-refractivity contribution in [2.45, 2.75) is 0 Å². The van der Waals surface area contributed by atoms with Crippen LogP contribution in [0.3, 0.4) is 0 Å². The van der Waals surface area contributed by atoms with Crippen molar-refractivity contribution in [1.82, 2.24) is 16.2 Å². The van der Waals surface area contributed by atoms with Crippen LogP contribution >= 0.6 is 35.4 Å². The normalized spacial score (nSPS) is 9.88. The summed E-state index contributed by atoms with van der Waals surface area (Å²) in [6, 6.07) is 10.8. The molecule has 25 heavy (non-hydrogen) atoms. The Morgan fingerprint density at radius 3 is 2.20 bits per heavy atom. The Bertz CT molecular complexity index is 813. The SMILES string of the molecule is COc1ccc(C(=O)NC(=S)NNC(=O)c2ccc(Cl)cc2)cc1Cl. The molecule has 2 amide bonds. The minimum absolute atomic E-state index is 0.0701. The van der Waals surface area contributed by atoms with Crippen LogP contribution in [0.1, 0.15) is 20.7 Å². The van der Waals surface area contributed by atoms with Crippen molar-refractivity contribution in [3.8, 4) is 5.75 Å². The zero-order chi connectivity index (χ0) is 18.4. The van der Waals surface area contributed by atoms with E-state index in [1.54, 1.807) is 30.3 Å². The number of ether oxygens (including phenoxy) is 1. The number of rotatable bonds is 3. The van der Waals surface area contributed by atoms with Gasteiger partial charge in [0.1, 0.15) is 5.75 Å². The molecule has 0 spiro atoms. The second-order valence-electron chi connectivity index (χ2n) is 4.72. The zero-order valence-corrected chi connectivity index (χ0v) is 15.3. The fourth-order valence-electron chi connectivity index (χ4n) is 1.80. The molecular formula is C16H13Cl2N3O3S. The molecule has 0 saturated carbocycles. The molecule has 130 valence electrons. The van der Waals surface area contributed by atoms with Gasteiger partial charge in [-0.2, -0.15) is 0 Å². The lowest BCUT2D eigenvalue weighted by Crippen LogP contribution is -2.48. The van der Waals surface area contributed by atoms with Gasteiger partial charge < -0.3 is 4.74 Å². The first kappa shape index (κ1) is 19.0. The van der Waals surface area contributed by atoms with Crippen molar-refractivity contribution in [2.24, 2.45) is 0 Å². The van der Waals surface area contributed by atoms with Crippen LogP contribution in [0.25, 0.3) is 0 Å². The van der Waals surface area contributed by atoms with E-state index in [9.17, 15) is 9.59 Å². The molecule has 9 heteroatoms. The number of amides is 2. The summed E-state index contributed by atoms with van der Waals surface area (Å²) in [5.74, 6) is -0.460. The molecular weight excluding hydrogens is 385 g/mol. The highest BCUT2D eigenvalue weighted by atomic mass is 35.5. The maximum Gasteiger partial charge on any atom is 0.269 e. The van der Waals surface area contributed by atoms with Crippen molar-refractivity contribution >= 4 is 52.3 Å². The van der Waals surface area contributed by atoms with Crippen LogP contribution in [0.15, 0.2) is 42.5 Å². The molecule has 0 saturated heterocycles. The van der Waals surface area contributed by atoms with Crippen LogP contribution in [0.2, 0.25) is 10.0 Å². The van der Waals surface area contributed by atoms with Crippen molar-refractivity contribution < 1.29 is 14.3 Å². The standard InChI is InChI=1S/C16H13Cl2N3O3S/c1-24-13-7-4-10(8-12(13)18)14(22)19-16(25)21-20-15(23)9-2-5-11(17)6-3-9/h2-8H,1H3,(H,20,23)(H2,19,21,22,25). The lowest BCUT2D eigenvalue weighted by molar-refractivity contribution is 0.0934. The van der Waals surface area contributed by atoms with E-state index < -0.39 is 11.8 Å². The average Bonchev–Trinajstić information content (AvgIpc) is 2.60. The monoisotopic (exact) mass is 397 g/mol. The third-order valence-electron chi connectivity index (χ3n) is 3.04. The quantitative estimate of drug-likeness (QED) is 0.547. The van der Waals surface area contributed by atoms with Crippen molar-refractivity contribution in [1.29, 1.82) is 0 Å². The fourth-order valence-corrected chi connectivity index (χ4v) is 2.33. The van der Waals surface area contributed by atoms with Gasteiger partial charge in [0.05, 0.1) is 12.1 Å². The van der Waals surface area contributed by atoms with Crippen LogP contribution in [0, 0.1) is 0 Å². The Hall–Kier alpha value is -2.35. The Morgan fingerprint density at radius 1 is 0.960 bits per heavy atom. The number of hydrogen-bond donors (Lipinski definition) is 3. The summed E-state index contributed by atoms with van der Waals surface area (Å²) in [5.41, 5.74) is 5.49. The van der Waals surface area contributed by atoms with Gasteiger partial charge in [-0.05, 0) is 54.7 Å². The van der Waals surface area contributed by atoms with Gasteiger partial charge in [-0.3, -0.25) is 25.8 Å². The van der Waals surface area contributed by atoms with Gasteiger partial charge in [0, 0.05) is 16.1 Å². The molecule has 0 heterocycles. The van der Waals surface area contributed by atoms with Gasteiger partial charge in [-0.25, -0.2) is 0 Å². The number of nitrogens with one attached hydrogen (secondary N) is 3. The van der Waals surface area contributed by atoms with Gasteiger partial charge in [-0.15, -0.1) is 0 Å². The third-order valence-corrected chi connectivity index (χ3v) is 3.79. The van der Waals surface area contributed by atoms with Crippen LogP contribution in [0.4, 0.5) is 0 Å². The van der Waals surface area contributed by atoms with Gasteiger partial charge in [-0.1, -0.05) is 23.2 Å². The van der Waals surface area contributed by atoms with E-state index in [2.05, 4.69) is 16.2 Å². The maximum atomic E-state index is 12.1. The number of methoxy groups -OCH3 is 1. The summed E-state index contributed by atoms with van der Waals surface area (Å²) >= 11 is 16.7. The molecule has 0 aromatic heterocycles. The molecule has 2 aromatic rings. The Labute approximate surface area is 159 Å². The van der Waals surface area contributed by atoms with Gasteiger partial charge >= 0.3 is 0 Å². The molecule has 3 N–H and O–H groups in total. The fraction of sp³-hybridized carbons (Fsp3) is 0.0625. The summed E-state index contributed by atoms with van der Waals surface area (Å²) in [6.45, 7) is 0. The van der Waals surface area contributed by atoms with E-state index in [1.807, 2.05) is 0 Å². The van der Waals surface area contributed by atoms with Crippen LogP contribution in [-0.4, -0.2) is 24.0 Å². The number of hydrogen-bond acceptors (Lipinski definition) is 4. The van der Waals surface area contributed by atoms with E-state index in [4.69, 9.17) is 40.2 Å². The number of carbonyl (C=O) groups excluding carboxylic acids is 2. The molecule has 6 nitrogen and oxygen atoms in total. The molecule has 2 aromatic carbocycles. The van der Waals surface area contributed by atoms with Crippen molar-refractivity contribution in [3.05, 3.63) is 63.6 Å². The van der Waals surface area contributed by atoms with Gasteiger partial charge in [0.2, 0.25) is 0 Å². The van der Waals surface area contributed by atoms with Crippen LogP contribution in [-0.2, 0) is 0 Å². The van der Waals surface area contributed by atoms with E-state index in [0.29, 0.717) is 26.9 Å². The second kappa shape index (κ2) is 8.66. The molecule has 0 aliphatic carbocycles. The van der Waals surface area contributed by atoms with E-state index in [1.165, 1.54) is 19.2 Å². The minimum atomic E-state index is -0.484. The first-order chi connectivity index (χ1) is 11.9. The van der Waals surface area contributed by atoms with E-state index >= 15 is 0 Å². The Balaban J connectivity index is 1.89. The number of hydrazine groups is 1. The molecule has 0 aliphatic rings. The van der Waals surface area contributed by atoms with Crippen molar-refractivity contribution in [3.63, 3.8) is 0 Å². The number of thiocarbonyl (C=S) groups is 1. The number of benzene rings is 2. The highest BCUT2D eigenvalue weighted by Crippen LogP contribution is 2.24. The minimum Gasteiger partial charge on any atom is -0.495 e. The molecule has 0 fully saturated rings. The lowest BCUT2D eigenvalue weighted by atomic mass is 10.2. The van der Waals surface area contributed by atoms with E-state index in [-0.39, 0.29) is 5.11 Å². The first-order valence-electron chi connectivity index (χ1n) is 6.91. The van der Waals surface area contributed by atoms with E-state index in [0.717, 1.165) is 0 Å². The molecule has 0 aliphatic heterocycles. The second-order valence-corrected chi connectivity index (χ2v) is 5.97. The molecule has 0 bridgehead atoms. The molecule has 2 rings (SSSR count). The molecule has 0 unspecified atom stereocenters. The third kappa shape index (κ3) is 5.32.